The van der Waals surface area contributed by atoms with Gasteiger partial charge in [0.05, 0.1) is 6.61 Å². The predicted molar refractivity (Wildman–Crippen MR) is 145 cm³/mol. The van der Waals surface area contributed by atoms with Crippen molar-refractivity contribution < 1.29 is 9.53 Å². The predicted octanol–water partition coefficient (Wildman–Crippen LogP) is 9.52. The number of hydrogen-bond acceptors (Lipinski definition) is 2. The van der Waals surface area contributed by atoms with Crippen LogP contribution in [-0.2, 0) is 4.79 Å². The molecular formula is C32H46O2. The van der Waals surface area contributed by atoms with Crippen molar-refractivity contribution in [3.63, 3.8) is 0 Å². The molecule has 0 unspecified atom stereocenters. The van der Waals surface area contributed by atoms with Crippen molar-refractivity contribution in [2.75, 3.05) is 6.61 Å². The van der Waals surface area contributed by atoms with Crippen LogP contribution in [0.3, 0.4) is 0 Å². The smallest absolute Gasteiger partial charge is 0.140 e. The van der Waals surface area contributed by atoms with E-state index < -0.39 is 0 Å². The van der Waals surface area contributed by atoms with Gasteiger partial charge >= 0.3 is 0 Å². The van der Waals surface area contributed by atoms with E-state index in [1.165, 1.54) is 87.3 Å². The molecule has 2 nitrogen and oxygen atoms in total. The summed E-state index contributed by atoms with van der Waals surface area (Å²) in [5, 5.41) is 0. The number of carbonyl (C=O) groups excluding carboxylic acids is 1. The second kappa shape index (κ2) is 15.0. The van der Waals surface area contributed by atoms with E-state index in [9.17, 15) is 4.79 Å². The number of unbranched alkanes of at least 4 members (excludes halogenated alkanes) is 8. The minimum atomic E-state index is 0.0962. The van der Waals surface area contributed by atoms with Crippen LogP contribution in [0, 0.1) is 5.92 Å². The summed E-state index contributed by atoms with van der Waals surface area (Å²) in [7, 11) is 0. The lowest BCUT2D eigenvalue weighted by molar-refractivity contribution is -0.123. The first-order valence-corrected chi connectivity index (χ1v) is 14.1. The van der Waals surface area contributed by atoms with Crippen molar-refractivity contribution >= 4 is 5.78 Å². The highest BCUT2D eigenvalue weighted by Crippen LogP contribution is 2.36. The molecule has 2 aromatic rings. The molecule has 2 atom stereocenters. The third-order valence-electron chi connectivity index (χ3n) is 7.48. The molecule has 0 aliphatic heterocycles. The van der Waals surface area contributed by atoms with Gasteiger partial charge in [0.25, 0.3) is 0 Å². The highest BCUT2D eigenvalue weighted by Gasteiger charge is 2.29. The normalized spacial score (nSPS) is 18.2. The highest BCUT2D eigenvalue weighted by molar-refractivity contribution is 5.86. The third kappa shape index (κ3) is 8.60. The molecule has 34 heavy (non-hydrogen) atoms. The van der Waals surface area contributed by atoms with Gasteiger partial charge < -0.3 is 4.74 Å². The van der Waals surface area contributed by atoms with E-state index in [4.69, 9.17) is 4.74 Å². The van der Waals surface area contributed by atoms with Crippen LogP contribution in [0.1, 0.15) is 115 Å². The number of rotatable bonds is 15. The van der Waals surface area contributed by atoms with Crippen molar-refractivity contribution in [3.8, 4) is 16.9 Å². The summed E-state index contributed by atoms with van der Waals surface area (Å²) < 4.78 is 5.94. The lowest BCUT2D eigenvalue weighted by Crippen LogP contribution is -2.23. The van der Waals surface area contributed by atoms with E-state index in [1.54, 1.807) is 0 Å². The second-order valence-electron chi connectivity index (χ2n) is 10.3. The summed E-state index contributed by atoms with van der Waals surface area (Å²) in [6, 6.07) is 17.1. The van der Waals surface area contributed by atoms with Gasteiger partial charge in [-0.2, -0.15) is 0 Å². The van der Waals surface area contributed by atoms with Gasteiger partial charge in [-0.05, 0) is 54.0 Å². The molecule has 0 bridgehead atoms. The summed E-state index contributed by atoms with van der Waals surface area (Å²) in [5.74, 6) is 2.11. The van der Waals surface area contributed by atoms with Gasteiger partial charge in [-0.3, -0.25) is 4.79 Å². The zero-order chi connectivity index (χ0) is 24.0. The molecule has 0 aromatic heterocycles. The average molecular weight is 463 g/mol. The van der Waals surface area contributed by atoms with Crippen LogP contribution in [0.2, 0.25) is 0 Å². The van der Waals surface area contributed by atoms with E-state index in [1.807, 2.05) is 0 Å². The highest BCUT2D eigenvalue weighted by atomic mass is 16.5. The Hall–Kier alpha value is -2.09. The van der Waals surface area contributed by atoms with Crippen LogP contribution in [-0.4, -0.2) is 12.4 Å². The summed E-state index contributed by atoms with van der Waals surface area (Å²) >= 11 is 0. The lowest BCUT2D eigenvalue weighted by Gasteiger charge is -2.27. The van der Waals surface area contributed by atoms with Crippen molar-refractivity contribution in [2.24, 2.45) is 5.92 Å². The van der Waals surface area contributed by atoms with Crippen molar-refractivity contribution in [3.05, 3.63) is 54.1 Å². The zero-order valence-electron chi connectivity index (χ0n) is 21.7. The number of Topliss-reactive ketones (excluding diaryl/α,β-unsaturated/α-hetero) is 1. The Balaban J connectivity index is 1.42. The van der Waals surface area contributed by atoms with Gasteiger partial charge in [-0.1, -0.05) is 114 Å². The largest absolute Gasteiger partial charge is 0.494 e. The molecule has 1 aliphatic carbocycles. The molecular weight excluding hydrogens is 416 g/mol. The Labute approximate surface area is 208 Å². The first kappa shape index (κ1) is 26.5. The maximum absolute atomic E-state index is 12.8. The van der Waals surface area contributed by atoms with Gasteiger partial charge in [0.15, 0.2) is 0 Å². The summed E-state index contributed by atoms with van der Waals surface area (Å²) in [4.78, 5) is 12.8. The van der Waals surface area contributed by atoms with E-state index in [2.05, 4.69) is 62.4 Å². The van der Waals surface area contributed by atoms with Crippen LogP contribution in [0.4, 0.5) is 0 Å². The zero-order valence-corrected chi connectivity index (χ0v) is 21.7. The van der Waals surface area contributed by atoms with Crippen LogP contribution in [0.15, 0.2) is 48.5 Å². The van der Waals surface area contributed by atoms with Gasteiger partial charge in [-0.15, -0.1) is 0 Å². The molecule has 0 amide bonds. The number of ketones is 1. The number of hydrogen-bond donors (Lipinski definition) is 0. The minimum absolute atomic E-state index is 0.0962. The number of carbonyl (C=O) groups is 1. The summed E-state index contributed by atoms with van der Waals surface area (Å²) in [5.41, 5.74) is 3.58. The number of benzene rings is 2. The summed E-state index contributed by atoms with van der Waals surface area (Å²) in [6.45, 7) is 5.31. The van der Waals surface area contributed by atoms with Crippen LogP contribution in [0.5, 0.6) is 5.75 Å². The Morgan fingerprint density at radius 2 is 1.29 bits per heavy atom. The van der Waals surface area contributed by atoms with Crippen molar-refractivity contribution in [2.45, 2.75) is 110 Å². The molecule has 0 N–H and O–H groups in total. The quantitative estimate of drug-likeness (QED) is 0.246. The molecule has 0 heterocycles. The first-order chi connectivity index (χ1) is 16.7. The van der Waals surface area contributed by atoms with Crippen LogP contribution in [0.25, 0.3) is 11.1 Å². The fraction of sp³-hybridized carbons (Fsp3) is 0.594. The van der Waals surface area contributed by atoms with Gasteiger partial charge in [0, 0.05) is 12.3 Å². The van der Waals surface area contributed by atoms with E-state index >= 15 is 0 Å². The molecule has 0 radical (unpaired) electrons. The maximum atomic E-state index is 12.8. The van der Waals surface area contributed by atoms with Crippen molar-refractivity contribution in [1.29, 1.82) is 0 Å². The third-order valence-corrected chi connectivity index (χ3v) is 7.48. The average Bonchev–Trinajstić information content (AvgIpc) is 2.86. The van der Waals surface area contributed by atoms with Crippen LogP contribution >= 0.6 is 0 Å². The Morgan fingerprint density at radius 3 is 1.94 bits per heavy atom. The molecule has 2 heteroatoms. The van der Waals surface area contributed by atoms with Gasteiger partial charge in [0.1, 0.15) is 11.5 Å². The Bertz CT molecular complexity index is 821. The molecule has 186 valence electrons. The van der Waals surface area contributed by atoms with E-state index in [0.29, 0.717) is 11.7 Å². The minimum Gasteiger partial charge on any atom is -0.494 e. The molecule has 1 saturated carbocycles. The fourth-order valence-electron chi connectivity index (χ4n) is 5.27. The molecule has 3 rings (SSSR count). The Morgan fingerprint density at radius 1 is 0.706 bits per heavy atom. The lowest BCUT2D eigenvalue weighted by atomic mass is 9.76. The Kier molecular flexibility index (Phi) is 11.7. The van der Waals surface area contributed by atoms with E-state index in [-0.39, 0.29) is 5.92 Å². The maximum Gasteiger partial charge on any atom is 0.140 e. The molecule has 0 saturated heterocycles. The second-order valence-corrected chi connectivity index (χ2v) is 10.3. The standard InChI is InChI=1S/C32H46O2/c1-3-5-7-8-9-10-12-24-34-30-21-19-28(20-22-30)27-15-17-29(18-16-27)31-23-14-26(25-32(31)33)13-11-6-4-2/h15-22,26,31H,3-14,23-25H2,1-2H3/t26-,31+/m1/s1. The molecule has 2 aromatic carbocycles. The fourth-order valence-corrected chi connectivity index (χ4v) is 5.27. The van der Waals surface area contributed by atoms with Gasteiger partial charge in [-0.25, -0.2) is 0 Å². The first-order valence-electron chi connectivity index (χ1n) is 14.1. The number of ether oxygens (including phenoxy) is 1. The van der Waals surface area contributed by atoms with E-state index in [0.717, 1.165) is 31.6 Å². The SMILES string of the molecule is CCCCCCCCCOc1ccc(-c2ccc([C@@H]3CC[C@@H](CCCCC)CC3=O)cc2)cc1. The molecule has 0 spiro atoms. The molecule has 1 aliphatic rings. The van der Waals surface area contributed by atoms with Gasteiger partial charge in [0.2, 0.25) is 0 Å². The monoisotopic (exact) mass is 462 g/mol. The van der Waals surface area contributed by atoms with Crippen LogP contribution < -0.4 is 4.74 Å². The summed E-state index contributed by atoms with van der Waals surface area (Å²) in [6.07, 6.45) is 17.2. The topological polar surface area (TPSA) is 26.3 Å². The molecule has 1 fully saturated rings. The van der Waals surface area contributed by atoms with Crippen molar-refractivity contribution in [1.82, 2.24) is 0 Å².